The minimum atomic E-state index is 0.559. The molecule has 0 bridgehead atoms. The number of likely N-dealkylation sites (N-methyl/N-ethyl adjacent to an activating group) is 1. The number of aromatic nitrogens is 1. The van der Waals surface area contributed by atoms with Crippen molar-refractivity contribution in [1.82, 2.24) is 10.3 Å². The van der Waals surface area contributed by atoms with Crippen LogP contribution in [0.3, 0.4) is 0 Å². The van der Waals surface area contributed by atoms with Crippen molar-refractivity contribution in [2.45, 2.75) is 0 Å². The summed E-state index contributed by atoms with van der Waals surface area (Å²) in [5, 5.41) is 3.55. The Hall–Kier alpha value is -1.06. The van der Waals surface area contributed by atoms with Crippen molar-refractivity contribution in [2.24, 2.45) is 0 Å². The van der Waals surface area contributed by atoms with Crippen molar-refractivity contribution in [3.8, 4) is 0 Å². The summed E-state index contributed by atoms with van der Waals surface area (Å²) in [6, 6.07) is 1.69. The lowest BCUT2D eigenvalue weighted by molar-refractivity contribution is 0.922. The van der Waals surface area contributed by atoms with Crippen LogP contribution >= 0.6 is 11.6 Å². The van der Waals surface area contributed by atoms with E-state index in [-0.39, 0.29) is 0 Å². The molecule has 0 aromatic carbocycles. The van der Waals surface area contributed by atoms with E-state index in [1.165, 1.54) is 0 Å². The van der Waals surface area contributed by atoms with Crippen molar-refractivity contribution < 1.29 is 0 Å². The molecule has 0 saturated heterocycles. The van der Waals surface area contributed by atoms with Crippen LogP contribution in [0.15, 0.2) is 18.3 Å². The zero-order valence-electron chi connectivity index (χ0n) is 7.42. The van der Waals surface area contributed by atoms with E-state index in [9.17, 15) is 0 Å². The SMILES string of the molecule is CNCC=Cc1ncc(Cl)cc1N. The Morgan fingerprint density at radius 2 is 2.46 bits per heavy atom. The predicted octanol–water partition coefficient (Wildman–Crippen LogP) is 1.55. The van der Waals surface area contributed by atoms with Gasteiger partial charge in [-0.05, 0) is 19.2 Å². The standard InChI is InChI=1S/C9H12ClN3/c1-12-4-2-3-9-8(11)5-7(10)6-13-9/h2-3,5-6,12H,4,11H2,1H3. The van der Waals surface area contributed by atoms with Gasteiger partial charge in [-0.3, -0.25) is 4.98 Å². The lowest BCUT2D eigenvalue weighted by atomic mass is 10.3. The Morgan fingerprint density at radius 1 is 1.69 bits per heavy atom. The molecule has 1 heterocycles. The highest BCUT2D eigenvalue weighted by Gasteiger charge is 1.96. The van der Waals surface area contributed by atoms with Gasteiger partial charge >= 0.3 is 0 Å². The normalized spacial score (nSPS) is 10.9. The largest absolute Gasteiger partial charge is 0.397 e. The molecule has 0 unspecified atom stereocenters. The second-order valence-corrected chi connectivity index (χ2v) is 3.02. The molecular weight excluding hydrogens is 186 g/mol. The van der Waals surface area contributed by atoms with Crippen LogP contribution in [0.2, 0.25) is 5.02 Å². The summed E-state index contributed by atoms with van der Waals surface area (Å²) in [7, 11) is 1.88. The minimum Gasteiger partial charge on any atom is -0.397 e. The average molecular weight is 198 g/mol. The van der Waals surface area contributed by atoms with Crippen LogP contribution in [0, 0.1) is 0 Å². The molecule has 0 radical (unpaired) electrons. The van der Waals surface area contributed by atoms with Crippen LogP contribution in [0.1, 0.15) is 5.69 Å². The highest BCUT2D eigenvalue weighted by atomic mass is 35.5. The maximum Gasteiger partial charge on any atom is 0.0857 e. The molecule has 3 N–H and O–H groups in total. The molecule has 1 aromatic rings. The lowest BCUT2D eigenvalue weighted by Gasteiger charge is -1.98. The molecule has 1 aromatic heterocycles. The van der Waals surface area contributed by atoms with Crippen molar-refractivity contribution in [3.05, 3.63) is 29.1 Å². The fraction of sp³-hybridized carbons (Fsp3) is 0.222. The molecule has 0 fully saturated rings. The summed E-state index contributed by atoms with van der Waals surface area (Å²) in [6.07, 6.45) is 5.39. The first-order valence-electron chi connectivity index (χ1n) is 3.96. The van der Waals surface area contributed by atoms with Gasteiger partial charge in [-0.1, -0.05) is 17.7 Å². The molecule has 0 atom stereocenters. The third kappa shape index (κ3) is 3.05. The van der Waals surface area contributed by atoms with Gasteiger partial charge in [0.15, 0.2) is 0 Å². The van der Waals surface area contributed by atoms with E-state index < -0.39 is 0 Å². The highest BCUT2D eigenvalue weighted by Crippen LogP contribution is 2.15. The number of rotatable bonds is 3. The third-order valence-electron chi connectivity index (χ3n) is 1.51. The van der Waals surface area contributed by atoms with Crippen LogP contribution in [-0.2, 0) is 0 Å². The van der Waals surface area contributed by atoms with Gasteiger partial charge in [0.1, 0.15) is 0 Å². The van der Waals surface area contributed by atoms with Crippen LogP contribution in [0.4, 0.5) is 5.69 Å². The van der Waals surface area contributed by atoms with Gasteiger partial charge in [-0.2, -0.15) is 0 Å². The summed E-state index contributed by atoms with van der Waals surface area (Å²) in [5.74, 6) is 0. The van der Waals surface area contributed by atoms with E-state index in [2.05, 4.69) is 10.3 Å². The molecular formula is C9H12ClN3. The third-order valence-corrected chi connectivity index (χ3v) is 1.72. The molecule has 3 nitrogen and oxygen atoms in total. The van der Waals surface area contributed by atoms with E-state index in [4.69, 9.17) is 17.3 Å². The zero-order chi connectivity index (χ0) is 9.68. The fourth-order valence-electron chi connectivity index (χ4n) is 0.893. The van der Waals surface area contributed by atoms with Gasteiger partial charge in [-0.25, -0.2) is 0 Å². The Balaban J connectivity index is 2.77. The molecule has 0 saturated carbocycles. The first-order valence-corrected chi connectivity index (χ1v) is 4.34. The average Bonchev–Trinajstić information content (AvgIpc) is 2.09. The second-order valence-electron chi connectivity index (χ2n) is 2.59. The van der Waals surface area contributed by atoms with E-state index in [1.54, 1.807) is 12.3 Å². The van der Waals surface area contributed by atoms with Crippen LogP contribution in [-0.4, -0.2) is 18.6 Å². The highest BCUT2D eigenvalue weighted by molar-refractivity contribution is 6.30. The monoisotopic (exact) mass is 197 g/mol. The number of anilines is 1. The number of hydrogen-bond acceptors (Lipinski definition) is 3. The Kier molecular flexibility index (Phi) is 3.73. The Morgan fingerprint density at radius 3 is 3.08 bits per heavy atom. The Labute approximate surface area is 82.6 Å². The van der Waals surface area contributed by atoms with Crippen molar-refractivity contribution in [2.75, 3.05) is 19.3 Å². The maximum absolute atomic E-state index is 5.70. The van der Waals surface area contributed by atoms with Gasteiger partial charge < -0.3 is 11.1 Å². The maximum atomic E-state index is 5.70. The Bertz CT molecular complexity index is 310. The van der Waals surface area contributed by atoms with Gasteiger partial charge in [-0.15, -0.1) is 0 Å². The molecule has 13 heavy (non-hydrogen) atoms. The van der Waals surface area contributed by atoms with Crippen LogP contribution in [0.25, 0.3) is 6.08 Å². The smallest absolute Gasteiger partial charge is 0.0857 e. The van der Waals surface area contributed by atoms with Gasteiger partial charge in [0.25, 0.3) is 0 Å². The molecule has 0 amide bonds. The fourth-order valence-corrected chi connectivity index (χ4v) is 1.06. The van der Waals surface area contributed by atoms with E-state index >= 15 is 0 Å². The topological polar surface area (TPSA) is 50.9 Å². The van der Waals surface area contributed by atoms with E-state index in [0.29, 0.717) is 10.7 Å². The molecule has 4 heteroatoms. The number of nitrogens with zero attached hydrogens (tertiary/aromatic N) is 1. The van der Waals surface area contributed by atoms with E-state index in [0.717, 1.165) is 12.2 Å². The quantitative estimate of drug-likeness (QED) is 0.773. The zero-order valence-corrected chi connectivity index (χ0v) is 8.17. The van der Waals surface area contributed by atoms with Gasteiger partial charge in [0.2, 0.25) is 0 Å². The molecule has 0 aliphatic heterocycles. The molecule has 1 rings (SSSR count). The number of hydrogen-bond donors (Lipinski definition) is 2. The summed E-state index contributed by atoms with van der Waals surface area (Å²) >= 11 is 5.70. The molecule has 0 aliphatic rings. The number of halogens is 1. The van der Waals surface area contributed by atoms with Crippen molar-refractivity contribution >= 4 is 23.4 Å². The lowest BCUT2D eigenvalue weighted by Crippen LogP contribution is -2.04. The van der Waals surface area contributed by atoms with Crippen molar-refractivity contribution in [3.63, 3.8) is 0 Å². The number of pyridine rings is 1. The first-order chi connectivity index (χ1) is 6.24. The first kappa shape index (κ1) is 10.0. The molecule has 70 valence electrons. The van der Waals surface area contributed by atoms with Gasteiger partial charge in [0.05, 0.1) is 16.4 Å². The summed E-state index contributed by atoms with van der Waals surface area (Å²) < 4.78 is 0. The minimum absolute atomic E-state index is 0.559. The summed E-state index contributed by atoms with van der Waals surface area (Å²) in [4.78, 5) is 4.08. The summed E-state index contributed by atoms with van der Waals surface area (Å²) in [6.45, 7) is 0.795. The van der Waals surface area contributed by atoms with Crippen LogP contribution < -0.4 is 11.1 Å². The molecule has 0 spiro atoms. The number of nitrogen functional groups attached to an aromatic ring is 1. The number of nitrogens with one attached hydrogen (secondary N) is 1. The van der Waals surface area contributed by atoms with Crippen LogP contribution in [0.5, 0.6) is 0 Å². The van der Waals surface area contributed by atoms with Gasteiger partial charge in [0, 0.05) is 12.7 Å². The van der Waals surface area contributed by atoms with Crippen molar-refractivity contribution in [1.29, 1.82) is 0 Å². The predicted molar refractivity (Wildman–Crippen MR) is 56.6 cm³/mol. The van der Waals surface area contributed by atoms with E-state index in [1.807, 2.05) is 19.2 Å². The second kappa shape index (κ2) is 4.84. The molecule has 0 aliphatic carbocycles. The summed E-state index contributed by atoms with van der Waals surface area (Å²) in [5.41, 5.74) is 7.03. The number of nitrogens with two attached hydrogens (primary N) is 1.